The van der Waals surface area contributed by atoms with Crippen molar-refractivity contribution in [3.63, 3.8) is 0 Å². The average molecular weight is 243 g/mol. The molecule has 4 heteroatoms. The van der Waals surface area contributed by atoms with Gasteiger partial charge in [0.1, 0.15) is 0 Å². The van der Waals surface area contributed by atoms with Crippen molar-refractivity contribution in [1.29, 1.82) is 0 Å². The standard InChI is InChI=1S/C13H29N3O/c1-4-5-6-7-8-9-10-14-11-12-15-13(17)16(2)3/h14H,4-12H2,1-3H3,(H,15,17). The number of hydrogen-bond acceptors (Lipinski definition) is 2. The van der Waals surface area contributed by atoms with Gasteiger partial charge in [-0.1, -0.05) is 39.0 Å². The van der Waals surface area contributed by atoms with Gasteiger partial charge >= 0.3 is 6.03 Å². The third-order valence-corrected chi connectivity index (χ3v) is 2.69. The van der Waals surface area contributed by atoms with Crippen LogP contribution in [0.5, 0.6) is 0 Å². The molecule has 0 aromatic carbocycles. The number of hydrogen-bond donors (Lipinski definition) is 2. The zero-order valence-electron chi connectivity index (χ0n) is 11.7. The molecular weight excluding hydrogens is 214 g/mol. The first-order valence-electron chi connectivity index (χ1n) is 6.84. The van der Waals surface area contributed by atoms with Gasteiger partial charge in [0.25, 0.3) is 0 Å². The molecule has 2 amide bonds. The Kier molecular flexibility index (Phi) is 11.2. The van der Waals surface area contributed by atoms with E-state index in [4.69, 9.17) is 0 Å². The van der Waals surface area contributed by atoms with Crippen LogP contribution in [0, 0.1) is 0 Å². The second-order valence-electron chi connectivity index (χ2n) is 4.64. The second-order valence-corrected chi connectivity index (χ2v) is 4.64. The quantitative estimate of drug-likeness (QED) is 0.578. The van der Waals surface area contributed by atoms with E-state index >= 15 is 0 Å². The highest BCUT2D eigenvalue weighted by molar-refractivity contribution is 5.73. The van der Waals surface area contributed by atoms with Crippen LogP contribution in [0.4, 0.5) is 4.79 Å². The van der Waals surface area contributed by atoms with E-state index in [1.165, 1.54) is 38.5 Å². The number of unbranched alkanes of at least 4 members (excludes halogenated alkanes) is 5. The van der Waals surface area contributed by atoms with E-state index in [2.05, 4.69) is 17.6 Å². The third-order valence-electron chi connectivity index (χ3n) is 2.69. The van der Waals surface area contributed by atoms with Gasteiger partial charge in [-0.15, -0.1) is 0 Å². The molecule has 0 atom stereocenters. The Labute approximate surface area is 106 Å². The summed E-state index contributed by atoms with van der Waals surface area (Å²) in [5.41, 5.74) is 0. The van der Waals surface area contributed by atoms with E-state index in [9.17, 15) is 4.79 Å². The predicted octanol–water partition coefficient (Wildman–Crippen LogP) is 2.21. The van der Waals surface area contributed by atoms with Crippen LogP contribution in [-0.4, -0.2) is 44.7 Å². The largest absolute Gasteiger partial charge is 0.337 e. The Morgan fingerprint density at radius 3 is 2.24 bits per heavy atom. The number of urea groups is 1. The summed E-state index contributed by atoms with van der Waals surface area (Å²) in [5.74, 6) is 0. The van der Waals surface area contributed by atoms with Crippen molar-refractivity contribution in [2.75, 3.05) is 33.7 Å². The summed E-state index contributed by atoms with van der Waals surface area (Å²) >= 11 is 0. The normalized spacial score (nSPS) is 10.3. The molecule has 0 aliphatic heterocycles. The van der Waals surface area contributed by atoms with Crippen LogP contribution in [-0.2, 0) is 0 Å². The van der Waals surface area contributed by atoms with E-state index in [-0.39, 0.29) is 6.03 Å². The molecule has 0 bridgehead atoms. The Balaban J connectivity index is 3.06. The predicted molar refractivity (Wildman–Crippen MR) is 73.3 cm³/mol. The van der Waals surface area contributed by atoms with Gasteiger partial charge in [-0.3, -0.25) is 0 Å². The lowest BCUT2D eigenvalue weighted by Gasteiger charge is -2.12. The van der Waals surface area contributed by atoms with Gasteiger partial charge in [0.2, 0.25) is 0 Å². The zero-order valence-corrected chi connectivity index (χ0v) is 11.7. The number of nitrogens with zero attached hydrogens (tertiary/aromatic N) is 1. The van der Waals surface area contributed by atoms with Gasteiger partial charge < -0.3 is 15.5 Å². The highest BCUT2D eigenvalue weighted by atomic mass is 16.2. The van der Waals surface area contributed by atoms with Crippen molar-refractivity contribution in [2.45, 2.75) is 45.4 Å². The van der Waals surface area contributed by atoms with Gasteiger partial charge in [-0.2, -0.15) is 0 Å². The van der Waals surface area contributed by atoms with Crippen molar-refractivity contribution < 1.29 is 4.79 Å². The molecule has 17 heavy (non-hydrogen) atoms. The van der Waals surface area contributed by atoms with Gasteiger partial charge in [0.15, 0.2) is 0 Å². The van der Waals surface area contributed by atoms with E-state index in [0.717, 1.165) is 13.1 Å². The van der Waals surface area contributed by atoms with Crippen molar-refractivity contribution in [1.82, 2.24) is 15.5 Å². The first kappa shape index (κ1) is 16.2. The fraction of sp³-hybridized carbons (Fsp3) is 0.923. The summed E-state index contributed by atoms with van der Waals surface area (Å²) in [6.45, 7) is 4.86. The number of rotatable bonds is 10. The maximum absolute atomic E-state index is 11.2. The molecule has 0 fully saturated rings. The maximum Gasteiger partial charge on any atom is 0.316 e. The first-order valence-corrected chi connectivity index (χ1v) is 6.84. The van der Waals surface area contributed by atoms with Gasteiger partial charge in [0.05, 0.1) is 0 Å². The molecule has 0 saturated heterocycles. The molecule has 0 rings (SSSR count). The van der Waals surface area contributed by atoms with Crippen LogP contribution in [0.1, 0.15) is 45.4 Å². The monoisotopic (exact) mass is 243 g/mol. The van der Waals surface area contributed by atoms with Crippen LogP contribution in [0.2, 0.25) is 0 Å². The van der Waals surface area contributed by atoms with Crippen molar-refractivity contribution in [2.24, 2.45) is 0 Å². The van der Waals surface area contributed by atoms with Crippen molar-refractivity contribution in [3.8, 4) is 0 Å². The molecule has 0 aliphatic rings. The smallest absolute Gasteiger partial charge is 0.316 e. The molecule has 0 radical (unpaired) electrons. The summed E-state index contributed by atoms with van der Waals surface area (Å²) < 4.78 is 0. The highest BCUT2D eigenvalue weighted by Crippen LogP contribution is 2.03. The van der Waals surface area contributed by atoms with Crippen LogP contribution in [0.25, 0.3) is 0 Å². The fourth-order valence-electron chi connectivity index (χ4n) is 1.57. The number of carbonyl (C=O) groups is 1. The molecule has 2 N–H and O–H groups in total. The van der Waals surface area contributed by atoms with Crippen LogP contribution < -0.4 is 10.6 Å². The van der Waals surface area contributed by atoms with Gasteiger partial charge in [0, 0.05) is 27.2 Å². The number of nitrogens with one attached hydrogen (secondary N) is 2. The number of amides is 2. The number of carbonyl (C=O) groups excluding carboxylic acids is 1. The minimum Gasteiger partial charge on any atom is -0.337 e. The topological polar surface area (TPSA) is 44.4 Å². The molecule has 0 aromatic heterocycles. The lowest BCUT2D eigenvalue weighted by atomic mass is 10.1. The molecular formula is C13H29N3O. The average Bonchev–Trinajstić information content (AvgIpc) is 2.31. The Morgan fingerprint density at radius 2 is 1.59 bits per heavy atom. The summed E-state index contributed by atoms with van der Waals surface area (Å²) in [5, 5.41) is 6.16. The van der Waals surface area contributed by atoms with Gasteiger partial charge in [-0.05, 0) is 13.0 Å². The summed E-state index contributed by atoms with van der Waals surface area (Å²) in [7, 11) is 3.50. The SMILES string of the molecule is CCCCCCCCNCCNC(=O)N(C)C. The second kappa shape index (κ2) is 11.7. The molecule has 0 heterocycles. The van der Waals surface area contributed by atoms with E-state index in [0.29, 0.717) is 6.54 Å². The molecule has 4 nitrogen and oxygen atoms in total. The van der Waals surface area contributed by atoms with Crippen molar-refractivity contribution in [3.05, 3.63) is 0 Å². The summed E-state index contributed by atoms with van der Waals surface area (Å²) in [6, 6.07) is -0.0219. The minimum absolute atomic E-state index is 0.0219. The summed E-state index contributed by atoms with van der Waals surface area (Å²) in [4.78, 5) is 12.7. The van der Waals surface area contributed by atoms with Crippen LogP contribution >= 0.6 is 0 Å². The molecule has 0 aliphatic carbocycles. The molecule has 0 saturated carbocycles. The Hall–Kier alpha value is -0.770. The Bertz CT molecular complexity index is 184. The van der Waals surface area contributed by atoms with E-state index in [1.807, 2.05) is 0 Å². The lowest BCUT2D eigenvalue weighted by Crippen LogP contribution is -2.38. The highest BCUT2D eigenvalue weighted by Gasteiger charge is 1.99. The van der Waals surface area contributed by atoms with E-state index < -0.39 is 0 Å². The van der Waals surface area contributed by atoms with Crippen LogP contribution in [0.15, 0.2) is 0 Å². The molecule has 0 aromatic rings. The third kappa shape index (κ3) is 11.5. The van der Waals surface area contributed by atoms with Crippen LogP contribution in [0.3, 0.4) is 0 Å². The summed E-state index contributed by atoms with van der Waals surface area (Å²) in [6.07, 6.45) is 7.96. The molecule has 0 spiro atoms. The first-order chi connectivity index (χ1) is 8.18. The molecule has 102 valence electrons. The van der Waals surface area contributed by atoms with Crippen molar-refractivity contribution >= 4 is 6.03 Å². The minimum atomic E-state index is -0.0219. The zero-order chi connectivity index (χ0) is 12.9. The van der Waals surface area contributed by atoms with Gasteiger partial charge in [-0.25, -0.2) is 4.79 Å². The Morgan fingerprint density at radius 1 is 0.941 bits per heavy atom. The maximum atomic E-state index is 11.2. The van der Waals surface area contributed by atoms with E-state index in [1.54, 1.807) is 19.0 Å². The fourth-order valence-corrected chi connectivity index (χ4v) is 1.57. The lowest BCUT2D eigenvalue weighted by molar-refractivity contribution is 0.217. The molecule has 0 unspecified atom stereocenters.